The Bertz CT molecular complexity index is 293. The Labute approximate surface area is 81.1 Å². The van der Waals surface area contributed by atoms with Crippen molar-refractivity contribution in [2.24, 2.45) is 5.73 Å². The van der Waals surface area contributed by atoms with E-state index in [0.717, 1.165) is 0 Å². The number of aliphatic hydroxyl groups is 1. The van der Waals surface area contributed by atoms with E-state index in [1.165, 1.54) is 12.1 Å². The highest BCUT2D eigenvalue weighted by atomic mass is 35.5. The van der Waals surface area contributed by atoms with Crippen molar-refractivity contribution in [2.45, 2.75) is 12.5 Å². The third-order valence-corrected chi connectivity index (χ3v) is 2.18. The average Bonchev–Trinajstić information content (AvgIpc) is 2.10. The zero-order valence-corrected chi connectivity index (χ0v) is 7.76. The predicted molar refractivity (Wildman–Crippen MR) is 50.0 cm³/mol. The number of hydrogen-bond acceptors (Lipinski definition) is 2. The van der Waals surface area contributed by atoms with Gasteiger partial charge in [0.25, 0.3) is 0 Å². The first-order valence-electron chi connectivity index (χ1n) is 3.99. The molecule has 1 aromatic rings. The maximum absolute atomic E-state index is 12.9. The quantitative estimate of drug-likeness (QED) is 0.788. The van der Waals surface area contributed by atoms with Crippen molar-refractivity contribution in [2.75, 3.05) is 6.54 Å². The second-order valence-corrected chi connectivity index (χ2v) is 3.11. The Balaban J connectivity index is 2.93. The fourth-order valence-corrected chi connectivity index (χ4v) is 1.34. The standard InChI is InChI=1S/C9H11ClFNO/c10-9-6(8(13)4-5-12)2-1-3-7(9)11/h1-3,8,13H,4-5,12H2. The first-order chi connectivity index (χ1) is 6.16. The van der Waals surface area contributed by atoms with Crippen LogP contribution in [0.3, 0.4) is 0 Å². The fourth-order valence-electron chi connectivity index (χ4n) is 1.09. The minimum absolute atomic E-state index is 0.0246. The van der Waals surface area contributed by atoms with E-state index in [2.05, 4.69) is 0 Å². The molecule has 0 aromatic heterocycles. The molecule has 0 saturated carbocycles. The van der Waals surface area contributed by atoms with Crippen molar-refractivity contribution in [3.63, 3.8) is 0 Å². The van der Waals surface area contributed by atoms with Gasteiger partial charge in [0, 0.05) is 5.56 Å². The number of aliphatic hydroxyl groups excluding tert-OH is 1. The van der Waals surface area contributed by atoms with Gasteiger partial charge in [0.2, 0.25) is 0 Å². The third-order valence-electron chi connectivity index (χ3n) is 1.78. The van der Waals surface area contributed by atoms with E-state index in [1.54, 1.807) is 6.07 Å². The van der Waals surface area contributed by atoms with Crippen molar-refractivity contribution >= 4 is 11.6 Å². The summed E-state index contributed by atoms with van der Waals surface area (Å²) in [5, 5.41) is 9.47. The van der Waals surface area contributed by atoms with Gasteiger partial charge in [-0.05, 0) is 19.0 Å². The van der Waals surface area contributed by atoms with Crippen LogP contribution in [0.2, 0.25) is 5.02 Å². The van der Waals surface area contributed by atoms with Crippen molar-refractivity contribution in [3.05, 3.63) is 34.6 Å². The molecule has 72 valence electrons. The van der Waals surface area contributed by atoms with Crippen LogP contribution in [0.5, 0.6) is 0 Å². The number of rotatable bonds is 3. The molecule has 1 atom stereocenters. The van der Waals surface area contributed by atoms with Gasteiger partial charge in [-0.25, -0.2) is 4.39 Å². The van der Waals surface area contributed by atoms with Crippen LogP contribution in [-0.2, 0) is 0 Å². The molecule has 0 saturated heterocycles. The average molecular weight is 204 g/mol. The summed E-state index contributed by atoms with van der Waals surface area (Å²) < 4.78 is 12.9. The summed E-state index contributed by atoms with van der Waals surface area (Å²) >= 11 is 5.65. The summed E-state index contributed by atoms with van der Waals surface area (Å²) in [7, 11) is 0. The van der Waals surface area contributed by atoms with E-state index >= 15 is 0 Å². The number of nitrogens with two attached hydrogens (primary N) is 1. The van der Waals surface area contributed by atoms with Crippen LogP contribution in [0.25, 0.3) is 0 Å². The van der Waals surface area contributed by atoms with Gasteiger partial charge in [-0.15, -0.1) is 0 Å². The van der Waals surface area contributed by atoms with Crippen LogP contribution >= 0.6 is 11.6 Å². The smallest absolute Gasteiger partial charge is 0.142 e. The van der Waals surface area contributed by atoms with Crippen molar-refractivity contribution in [1.29, 1.82) is 0 Å². The Hall–Kier alpha value is -0.640. The molecular weight excluding hydrogens is 193 g/mol. The van der Waals surface area contributed by atoms with Gasteiger partial charge in [0.05, 0.1) is 11.1 Å². The SMILES string of the molecule is NCCC(O)c1cccc(F)c1Cl. The Kier molecular flexibility index (Phi) is 3.66. The van der Waals surface area contributed by atoms with Crippen molar-refractivity contribution < 1.29 is 9.50 Å². The van der Waals surface area contributed by atoms with Gasteiger partial charge >= 0.3 is 0 Å². The zero-order chi connectivity index (χ0) is 9.84. The number of benzene rings is 1. The van der Waals surface area contributed by atoms with E-state index in [-0.39, 0.29) is 5.02 Å². The molecule has 13 heavy (non-hydrogen) atoms. The molecule has 4 heteroatoms. The maximum atomic E-state index is 12.9. The van der Waals surface area contributed by atoms with Crippen LogP contribution in [-0.4, -0.2) is 11.7 Å². The van der Waals surface area contributed by atoms with Crippen LogP contribution in [0, 0.1) is 5.82 Å². The van der Waals surface area contributed by atoms with Gasteiger partial charge in [-0.1, -0.05) is 23.7 Å². The van der Waals surface area contributed by atoms with Crippen LogP contribution in [0.4, 0.5) is 4.39 Å². The number of hydrogen-bond donors (Lipinski definition) is 2. The molecule has 1 rings (SSSR count). The molecule has 0 amide bonds. The summed E-state index contributed by atoms with van der Waals surface area (Å²) in [4.78, 5) is 0. The van der Waals surface area contributed by atoms with Crippen molar-refractivity contribution in [3.8, 4) is 0 Å². The van der Waals surface area contributed by atoms with Crippen molar-refractivity contribution in [1.82, 2.24) is 0 Å². The lowest BCUT2D eigenvalue weighted by molar-refractivity contribution is 0.170. The summed E-state index contributed by atoms with van der Waals surface area (Å²) in [6, 6.07) is 4.35. The monoisotopic (exact) mass is 203 g/mol. The van der Waals surface area contributed by atoms with Crippen LogP contribution < -0.4 is 5.73 Å². The fraction of sp³-hybridized carbons (Fsp3) is 0.333. The van der Waals surface area contributed by atoms with Gasteiger partial charge < -0.3 is 10.8 Å². The third kappa shape index (κ3) is 2.40. The summed E-state index contributed by atoms with van der Waals surface area (Å²) in [5.74, 6) is -0.518. The highest BCUT2D eigenvalue weighted by Gasteiger charge is 2.12. The maximum Gasteiger partial charge on any atom is 0.142 e. The Morgan fingerprint density at radius 2 is 2.23 bits per heavy atom. The lowest BCUT2D eigenvalue weighted by Crippen LogP contribution is -2.07. The second-order valence-electron chi connectivity index (χ2n) is 2.74. The first kappa shape index (κ1) is 10.4. The molecule has 0 spiro atoms. The second kappa shape index (κ2) is 4.56. The van der Waals surface area contributed by atoms with E-state index in [1.807, 2.05) is 0 Å². The van der Waals surface area contributed by atoms with E-state index in [0.29, 0.717) is 18.5 Å². The minimum Gasteiger partial charge on any atom is -0.388 e. The summed E-state index contributed by atoms with van der Waals surface area (Å²) in [5.41, 5.74) is 5.65. The lowest BCUT2D eigenvalue weighted by atomic mass is 10.1. The molecule has 3 N–H and O–H groups in total. The molecule has 0 aliphatic heterocycles. The largest absolute Gasteiger partial charge is 0.388 e. The predicted octanol–water partition coefficient (Wildman–Crippen LogP) is 1.86. The molecule has 2 nitrogen and oxygen atoms in total. The molecule has 0 heterocycles. The Morgan fingerprint density at radius 3 is 2.85 bits per heavy atom. The molecule has 0 bridgehead atoms. The molecule has 1 unspecified atom stereocenters. The van der Waals surface area contributed by atoms with Gasteiger partial charge in [0.1, 0.15) is 5.82 Å². The van der Waals surface area contributed by atoms with E-state index in [4.69, 9.17) is 17.3 Å². The molecular formula is C9H11ClFNO. The van der Waals surface area contributed by atoms with Gasteiger partial charge in [0.15, 0.2) is 0 Å². The normalized spacial score (nSPS) is 12.9. The van der Waals surface area contributed by atoms with Gasteiger partial charge in [-0.2, -0.15) is 0 Å². The molecule has 0 fully saturated rings. The van der Waals surface area contributed by atoms with Crippen LogP contribution in [0.1, 0.15) is 18.1 Å². The lowest BCUT2D eigenvalue weighted by Gasteiger charge is -2.11. The molecule has 0 aliphatic rings. The molecule has 0 radical (unpaired) electrons. The Morgan fingerprint density at radius 1 is 1.54 bits per heavy atom. The van der Waals surface area contributed by atoms with Gasteiger partial charge in [-0.3, -0.25) is 0 Å². The minimum atomic E-state index is -0.784. The summed E-state index contributed by atoms with van der Waals surface area (Å²) in [6.45, 7) is 0.341. The molecule has 1 aromatic carbocycles. The van der Waals surface area contributed by atoms with Crippen LogP contribution in [0.15, 0.2) is 18.2 Å². The topological polar surface area (TPSA) is 46.2 Å². The zero-order valence-electron chi connectivity index (χ0n) is 7.00. The molecule has 0 aliphatic carbocycles. The highest BCUT2D eigenvalue weighted by Crippen LogP contribution is 2.26. The highest BCUT2D eigenvalue weighted by molar-refractivity contribution is 6.31. The number of halogens is 2. The van der Waals surface area contributed by atoms with E-state index in [9.17, 15) is 9.50 Å². The summed E-state index contributed by atoms with van der Waals surface area (Å²) in [6.07, 6.45) is -0.406. The van der Waals surface area contributed by atoms with E-state index < -0.39 is 11.9 Å². The first-order valence-corrected chi connectivity index (χ1v) is 4.36.